The predicted octanol–water partition coefficient (Wildman–Crippen LogP) is 5.10. The van der Waals surface area contributed by atoms with Gasteiger partial charge >= 0.3 is 5.97 Å². The third-order valence-corrected chi connectivity index (χ3v) is 6.53. The number of aliphatic hydroxyl groups excluding tert-OH is 1. The number of hydrogen-bond donors (Lipinski definition) is 1. The van der Waals surface area contributed by atoms with Gasteiger partial charge in [-0.25, -0.2) is 0 Å². The highest BCUT2D eigenvalue weighted by Gasteiger charge is 2.41. The molecule has 4 heteroatoms. The van der Waals surface area contributed by atoms with Crippen LogP contribution in [0.4, 0.5) is 0 Å². The zero-order valence-corrected chi connectivity index (χ0v) is 17.7. The topological polar surface area (TPSA) is 63.6 Å². The van der Waals surface area contributed by atoms with E-state index in [0.717, 1.165) is 12.8 Å². The van der Waals surface area contributed by atoms with Gasteiger partial charge in [-0.3, -0.25) is 9.59 Å². The van der Waals surface area contributed by atoms with Gasteiger partial charge in [-0.05, 0) is 63.4 Å². The van der Waals surface area contributed by atoms with E-state index in [1.165, 1.54) is 18.6 Å². The van der Waals surface area contributed by atoms with Crippen molar-refractivity contribution in [1.29, 1.82) is 0 Å². The van der Waals surface area contributed by atoms with Crippen molar-refractivity contribution in [2.45, 2.75) is 46.6 Å². The lowest BCUT2D eigenvalue weighted by Crippen LogP contribution is -2.37. The molecule has 0 aromatic heterocycles. The minimum absolute atomic E-state index is 0.0906. The fourth-order valence-corrected chi connectivity index (χ4v) is 4.73. The first kappa shape index (κ1) is 21.4. The van der Waals surface area contributed by atoms with Crippen LogP contribution in [0.25, 0.3) is 0 Å². The molecule has 1 heterocycles. The minimum atomic E-state index is -0.939. The average molecular weight is 397 g/mol. The van der Waals surface area contributed by atoms with Crippen molar-refractivity contribution in [3.8, 4) is 0 Å². The van der Waals surface area contributed by atoms with Crippen LogP contribution in [0.2, 0.25) is 0 Å². The molecule has 3 aliphatic rings. The maximum absolute atomic E-state index is 12.7. The van der Waals surface area contributed by atoms with Crippen molar-refractivity contribution < 1.29 is 19.4 Å². The zero-order valence-electron chi connectivity index (χ0n) is 17.7. The molecule has 0 unspecified atom stereocenters. The third kappa shape index (κ3) is 4.80. The first-order valence-electron chi connectivity index (χ1n) is 10.6. The van der Waals surface area contributed by atoms with Crippen molar-refractivity contribution in [1.82, 2.24) is 0 Å². The van der Waals surface area contributed by atoms with Gasteiger partial charge in [-0.2, -0.15) is 0 Å². The molecular formula is C25H32O4. The number of rotatable bonds is 0. The lowest BCUT2D eigenvalue weighted by atomic mass is 9.62. The molecule has 0 radical (unpaired) electrons. The van der Waals surface area contributed by atoms with E-state index in [1.807, 2.05) is 12.2 Å². The molecule has 0 aromatic carbocycles. The highest BCUT2D eigenvalue weighted by Crippen LogP contribution is 2.47. The number of hydrogen-bond acceptors (Lipinski definition) is 4. The summed E-state index contributed by atoms with van der Waals surface area (Å²) in [6, 6.07) is 0. The first-order chi connectivity index (χ1) is 13.8. The van der Waals surface area contributed by atoms with Crippen molar-refractivity contribution in [3.63, 3.8) is 0 Å². The van der Waals surface area contributed by atoms with Crippen molar-refractivity contribution in [3.05, 3.63) is 59.9 Å². The Balaban J connectivity index is 2.01. The fraction of sp³-hybridized carbons (Fsp3) is 0.520. The van der Waals surface area contributed by atoms with Gasteiger partial charge in [0.05, 0.1) is 5.76 Å². The fourth-order valence-electron chi connectivity index (χ4n) is 4.73. The molecular weight excluding hydrogens is 364 g/mol. The lowest BCUT2D eigenvalue weighted by Gasteiger charge is -2.43. The molecule has 3 rings (SSSR count). The predicted molar refractivity (Wildman–Crippen MR) is 114 cm³/mol. The van der Waals surface area contributed by atoms with E-state index in [4.69, 9.17) is 4.74 Å². The van der Waals surface area contributed by atoms with Crippen LogP contribution in [0.3, 0.4) is 0 Å². The number of carbonyl (C=O) groups excluding carboxylic acids is 2. The smallest absolute Gasteiger partial charge is 0.317 e. The van der Waals surface area contributed by atoms with Crippen LogP contribution in [-0.4, -0.2) is 23.0 Å². The molecule has 156 valence electrons. The molecule has 0 bridgehead atoms. The normalized spacial score (nSPS) is 42.3. The molecule has 2 aliphatic carbocycles. The van der Waals surface area contributed by atoms with Crippen LogP contribution in [0, 0.1) is 35.5 Å². The summed E-state index contributed by atoms with van der Waals surface area (Å²) in [7, 11) is 0. The molecule has 0 amide bonds. The molecule has 0 saturated heterocycles. The summed E-state index contributed by atoms with van der Waals surface area (Å²) in [5.41, 5.74) is 1.37. The summed E-state index contributed by atoms with van der Waals surface area (Å²) >= 11 is 0. The maximum Gasteiger partial charge on any atom is 0.317 e. The second-order valence-electron chi connectivity index (χ2n) is 8.77. The number of ketones is 1. The number of aliphatic hydroxyl groups is 1. The van der Waals surface area contributed by atoms with Crippen LogP contribution in [0.1, 0.15) is 40.5 Å². The van der Waals surface area contributed by atoms with E-state index in [9.17, 15) is 14.7 Å². The van der Waals surface area contributed by atoms with Gasteiger partial charge in [0, 0.05) is 12.0 Å². The monoisotopic (exact) mass is 396 g/mol. The second-order valence-corrected chi connectivity index (χ2v) is 8.77. The minimum Gasteiger partial charge on any atom is -0.512 e. The Bertz CT molecular complexity index is 798. The largest absolute Gasteiger partial charge is 0.512 e. The van der Waals surface area contributed by atoms with Crippen molar-refractivity contribution >= 4 is 11.8 Å². The zero-order chi connectivity index (χ0) is 21.1. The highest BCUT2D eigenvalue weighted by atomic mass is 16.5. The standard InChI is InChI=1S/C25H32O4/c1-15-9-11-21-19(13-15)10-12-20-16(2)7-5-6-8-17(3)29-25(28)18(4)22(26)14-23(27)24(20)21/h5-10,12,14,16-21,24,27H,11,13H2,1-4H3/b7-5-,8-6-,23-14+/t16-,17-,18-,19+,20-,21+,24+/m1/s1. The summed E-state index contributed by atoms with van der Waals surface area (Å²) in [6.07, 6.45) is 17.2. The molecule has 0 spiro atoms. The number of esters is 1. The Kier molecular flexibility index (Phi) is 6.61. The molecule has 0 fully saturated rings. The van der Waals surface area contributed by atoms with Crippen LogP contribution < -0.4 is 0 Å². The highest BCUT2D eigenvalue weighted by molar-refractivity contribution is 6.04. The van der Waals surface area contributed by atoms with Crippen LogP contribution in [-0.2, 0) is 14.3 Å². The number of carbonyl (C=O) groups is 2. The lowest BCUT2D eigenvalue weighted by molar-refractivity contribution is -0.152. The summed E-state index contributed by atoms with van der Waals surface area (Å²) < 4.78 is 5.33. The van der Waals surface area contributed by atoms with Crippen LogP contribution >= 0.6 is 0 Å². The molecule has 1 N–H and O–H groups in total. The van der Waals surface area contributed by atoms with Gasteiger partial charge in [0.2, 0.25) is 0 Å². The Morgan fingerprint density at radius 3 is 2.52 bits per heavy atom. The van der Waals surface area contributed by atoms with E-state index in [0.29, 0.717) is 5.92 Å². The van der Waals surface area contributed by atoms with Gasteiger partial charge in [0.15, 0.2) is 5.78 Å². The molecule has 0 saturated carbocycles. The number of allylic oxidation sites excluding steroid dienone is 9. The summed E-state index contributed by atoms with van der Waals surface area (Å²) in [4.78, 5) is 25.0. The van der Waals surface area contributed by atoms with Crippen LogP contribution in [0.5, 0.6) is 0 Å². The van der Waals surface area contributed by atoms with Gasteiger partial charge in [-0.15, -0.1) is 0 Å². The van der Waals surface area contributed by atoms with Gasteiger partial charge in [-0.1, -0.05) is 49.0 Å². The van der Waals surface area contributed by atoms with Crippen LogP contribution in [0.15, 0.2) is 59.9 Å². The summed E-state index contributed by atoms with van der Waals surface area (Å²) in [5.74, 6) is -1.07. The van der Waals surface area contributed by atoms with E-state index in [2.05, 4.69) is 38.2 Å². The van der Waals surface area contributed by atoms with E-state index < -0.39 is 23.8 Å². The SMILES string of the molecule is CC1=CC[C@@H]2[C@H]3/C(O)=C\C(=O)[C@@H](C)C(=O)O[C@H](C)/C=C\C=C/[C@@H](C)[C@H]3C=C[C@H]2C1. The maximum atomic E-state index is 12.7. The third-order valence-electron chi connectivity index (χ3n) is 6.53. The molecule has 1 aliphatic heterocycles. The van der Waals surface area contributed by atoms with Crippen molar-refractivity contribution in [2.24, 2.45) is 35.5 Å². The molecule has 29 heavy (non-hydrogen) atoms. The number of fused-ring (bicyclic) bond motifs is 3. The Labute approximate surface area is 173 Å². The first-order valence-corrected chi connectivity index (χ1v) is 10.6. The molecule has 4 nitrogen and oxygen atoms in total. The van der Waals surface area contributed by atoms with Gasteiger partial charge in [0.1, 0.15) is 12.0 Å². The van der Waals surface area contributed by atoms with Gasteiger partial charge < -0.3 is 9.84 Å². The van der Waals surface area contributed by atoms with E-state index >= 15 is 0 Å². The summed E-state index contributed by atoms with van der Waals surface area (Å²) in [6.45, 7) is 7.59. The summed E-state index contributed by atoms with van der Waals surface area (Å²) in [5, 5.41) is 11.1. The Morgan fingerprint density at radius 1 is 1.03 bits per heavy atom. The second kappa shape index (κ2) is 8.98. The molecule has 0 aromatic rings. The quantitative estimate of drug-likeness (QED) is 0.351. The van der Waals surface area contributed by atoms with E-state index in [-0.39, 0.29) is 29.4 Å². The number of ether oxygens (including phenoxy) is 1. The van der Waals surface area contributed by atoms with E-state index in [1.54, 1.807) is 13.0 Å². The Hall–Kier alpha value is -2.36. The van der Waals surface area contributed by atoms with Gasteiger partial charge in [0.25, 0.3) is 0 Å². The molecule has 7 atom stereocenters. The Morgan fingerprint density at radius 2 is 1.76 bits per heavy atom. The number of cyclic esters (lactones) is 1. The average Bonchev–Trinajstić information content (AvgIpc) is 2.68. The van der Waals surface area contributed by atoms with Crippen molar-refractivity contribution in [2.75, 3.05) is 0 Å².